The van der Waals surface area contributed by atoms with Crippen LogP contribution in [0.15, 0.2) is 48.5 Å². The van der Waals surface area contributed by atoms with Crippen LogP contribution in [0.2, 0.25) is 0 Å². The summed E-state index contributed by atoms with van der Waals surface area (Å²) in [5.74, 6) is 2.05. The van der Waals surface area contributed by atoms with Gasteiger partial charge in [0, 0.05) is 31.5 Å². The Hall–Kier alpha value is -3.68. The first kappa shape index (κ1) is 26.2. The van der Waals surface area contributed by atoms with E-state index in [0.29, 0.717) is 30.4 Å². The van der Waals surface area contributed by atoms with Crippen LogP contribution in [0.5, 0.6) is 0 Å². The number of likely N-dealkylation sites (N-methyl/N-ethyl adjacent to an activating group) is 1. The highest BCUT2D eigenvalue weighted by molar-refractivity contribution is 6.07. The van der Waals surface area contributed by atoms with Gasteiger partial charge in [-0.2, -0.15) is 0 Å². The molecule has 2 N–H and O–H groups in total. The Bertz CT molecular complexity index is 1400. The second-order valence-corrected chi connectivity index (χ2v) is 13.2. The maximum absolute atomic E-state index is 14.3. The molecular formula is C33H38N4O4. The maximum atomic E-state index is 14.3. The lowest BCUT2D eigenvalue weighted by Crippen LogP contribution is -2.53. The molecule has 0 aromatic heterocycles. The smallest absolute Gasteiger partial charge is 0.324 e. The molecule has 2 aromatic rings. The number of amides is 5. The lowest BCUT2D eigenvalue weighted by atomic mass is 9.51. The van der Waals surface area contributed by atoms with Crippen LogP contribution >= 0.6 is 0 Å². The Labute approximate surface area is 240 Å². The van der Waals surface area contributed by atoms with E-state index in [1.165, 1.54) is 11.3 Å². The van der Waals surface area contributed by atoms with E-state index in [1.807, 2.05) is 60.4 Å². The summed E-state index contributed by atoms with van der Waals surface area (Å²) in [7, 11) is 1.65. The van der Waals surface area contributed by atoms with Gasteiger partial charge in [-0.15, -0.1) is 0 Å². The fourth-order valence-corrected chi connectivity index (χ4v) is 8.97. The van der Waals surface area contributed by atoms with Gasteiger partial charge in [0.2, 0.25) is 11.8 Å². The summed E-state index contributed by atoms with van der Waals surface area (Å²) in [6.07, 6.45) is 6.79. The number of benzene rings is 2. The summed E-state index contributed by atoms with van der Waals surface area (Å²) in [5.41, 5.74) is 2.69. The van der Waals surface area contributed by atoms with Gasteiger partial charge in [0.05, 0.1) is 6.04 Å². The van der Waals surface area contributed by atoms with E-state index >= 15 is 0 Å². The van der Waals surface area contributed by atoms with Crippen LogP contribution < -0.4 is 10.6 Å². The Morgan fingerprint density at radius 1 is 0.976 bits per heavy atom. The number of imide groups is 1. The molecule has 41 heavy (non-hydrogen) atoms. The minimum atomic E-state index is -0.908. The number of fused-ring (bicyclic) bond motifs is 1. The molecule has 4 saturated carbocycles. The molecule has 6 aliphatic rings. The van der Waals surface area contributed by atoms with Gasteiger partial charge >= 0.3 is 6.03 Å². The van der Waals surface area contributed by atoms with Crippen LogP contribution in [0.3, 0.4) is 0 Å². The number of nitrogens with zero attached hydrogens (tertiary/aromatic N) is 2. The Balaban J connectivity index is 1.10. The highest BCUT2D eigenvalue weighted by atomic mass is 16.2. The summed E-state index contributed by atoms with van der Waals surface area (Å²) in [5, 5.41) is 5.45. The van der Waals surface area contributed by atoms with Crippen molar-refractivity contribution < 1.29 is 19.2 Å². The normalized spacial score (nSPS) is 31.8. The average Bonchev–Trinajstić information content (AvgIpc) is 3.43. The first-order valence-corrected chi connectivity index (χ1v) is 15.1. The summed E-state index contributed by atoms with van der Waals surface area (Å²) in [4.78, 5) is 55.9. The predicted molar refractivity (Wildman–Crippen MR) is 154 cm³/mol. The molecule has 0 unspecified atom stereocenters. The molecule has 1 heterocycles. The quantitative estimate of drug-likeness (QED) is 0.520. The number of nitrogens with one attached hydrogen (secondary N) is 2. The van der Waals surface area contributed by atoms with Gasteiger partial charge in [-0.3, -0.25) is 19.7 Å². The fourth-order valence-electron chi connectivity index (χ4n) is 8.97. The molecule has 2 aromatic carbocycles. The molecule has 2 atom stereocenters. The van der Waals surface area contributed by atoms with E-state index < -0.39 is 5.54 Å². The zero-order chi connectivity index (χ0) is 28.5. The monoisotopic (exact) mass is 554 g/mol. The van der Waals surface area contributed by atoms with Gasteiger partial charge in [-0.05, 0) is 91.5 Å². The third-order valence-electron chi connectivity index (χ3n) is 10.9. The highest BCUT2D eigenvalue weighted by Gasteiger charge is 2.54. The van der Waals surface area contributed by atoms with E-state index in [0.717, 1.165) is 54.2 Å². The number of hydrogen-bond donors (Lipinski definition) is 2. The molecule has 5 fully saturated rings. The van der Waals surface area contributed by atoms with Gasteiger partial charge < -0.3 is 15.1 Å². The summed E-state index contributed by atoms with van der Waals surface area (Å²) >= 11 is 0. The van der Waals surface area contributed by atoms with Crippen LogP contribution in [0.4, 0.5) is 10.5 Å². The molecule has 1 aliphatic heterocycles. The van der Waals surface area contributed by atoms with E-state index in [9.17, 15) is 19.2 Å². The molecule has 1 spiro atoms. The van der Waals surface area contributed by atoms with Gasteiger partial charge in [-0.25, -0.2) is 4.79 Å². The van der Waals surface area contributed by atoms with Crippen LogP contribution in [0, 0.1) is 29.6 Å². The molecule has 8 rings (SSSR count). The minimum Gasteiger partial charge on any atom is -0.326 e. The van der Waals surface area contributed by atoms with Crippen LogP contribution in [0.25, 0.3) is 0 Å². The van der Waals surface area contributed by atoms with Crippen molar-refractivity contribution in [2.75, 3.05) is 18.9 Å². The number of urea groups is 1. The van der Waals surface area contributed by atoms with Crippen molar-refractivity contribution in [2.24, 2.45) is 29.6 Å². The van der Waals surface area contributed by atoms with Gasteiger partial charge in [0.1, 0.15) is 12.1 Å². The molecule has 5 aliphatic carbocycles. The number of carbonyl (C=O) groups excluding carboxylic acids is 4. The largest absolute Gasteiger partial charge is 0.326 e. The first-order chi connectivity index (χ1) is 19.7. The molecule has 0 radical (unpaired) electrons. The maximum Gasteiger partial charge on any atom is 0.324 e. The van der Waals surface area contributed by atoms with E-state index in [-0.39, 0.29) is 42.3 Å². The fraction of sp³-hybridized carbons (Fsp3) is 0.515. The molecule has 214 valence electrons. The Morgan fingerprint density at radius 2 is 1.63 bits per heavy atom. The van der Waals surface area contributed by atoms with Crippen molar-refractivity contribution >= 4 is 29.4 Å². The number of anilines is 1. The molecular weight excluding hydrogens is 516 g/mol. The molecule has 4 bridgehead atoms. The number of carbonyl (C=O) groups is 4. The van der Waals surface area contributed by atoms with Crippen LogP contribution in [0.1, 0.15) is 61.8 Å². The van der Waals surface area contributed by atoms with Crippen molar-refractivity contribution in [1.82, 2.24) is 15.1 Å². The topological polar surface area (TPSA) is 98.8 Å². The van der Waals surface area contributed by atoms with E-state index in [1.54, 1.807) is 7.05 Å². The standard InChI is InChI=1S/C33H38N4O4/c1-19(22-6-4-3-5-7-22)37(30(39)29-24-11-20-10-21(13-24)14-25(29)12-20)18-28(38)34-27-9-8-23-16-33(17-26(23)15-27)31(40)35-32(41)36(33)2/h3-9,15,19-21,24-25,29H,10-14,16-18H2,1-2H3,(H,34,38)(H,35,40,41)/t19-,20?,21?,24?,25?,29?,33+/m1/s1. The molecule has 8 nitrogen and oxygen atoms in total. The van der Waals surface area contributed by atoms with Crippen LogP contribution in [-0.2, 0) is 27.2 Å². The SMILES string of the molecule is C[C@H](c1ccccc1)N(CC(=O)Nc1ccc2c(c1)C[C@@]1(C2)C(=O)NC(=O)N1C)C(=O)C1C2CC3CC(C2)CC1C3. The first-order valence-electron chi connectivity index (χ1n) is 15.1. The third-order valence-corrected chi connectivity index (χ3v) is 10.9. The Morgan fingerprint density at radius 3 is 2.27 bits per heavy atom. The zero-order valence-corrected chi connectivity index (χ0v) is 23.8. The van der Waals surface area contributed by atoms with Gasteiger partial charge in [0.15, 0.2) is 0 Å². The lowest BCUT2D eigenvalue weighted by Gasteiger charge is -2.54. The molecule has 8 heteroatoms. The number of rotatable bonds is 6. The van der Waals surface area contributed by atoms with Crippen molar-refractivity contribution in [2.45, 2.75) is 63.5 Å². The van der Waals surface area contributed by atoms with Crippen molar-refractivity contribution in [3.63, 3.8) is 0 Å². The van der Waals surface area contributed by atoms with Crippen molar-refractivity contribution in [3.8, 4) is 0 Å². The van der Waals surface area contributed by atoms with E-state index in [4.69, 9.17) is 0 Å². The second-order valence-electron chi connectivity index (χ2n) is 13.2. The van der Waals surface area contributed by atoms with Gasteiger partial charge in [0.25, 0.3) is 5.91 Å². The highest BCUT2D eigenvalue weighted by Crippen LogP contribution is 2.57. The average molecular weight is 555 g/mol. The minimum absolute atomic E-state index is 0.00945. The predicted octanol–water partition coefficient (Wildman–Crippen LogP) is 4.31. The summed E-state index contributed by atoms with van der Waals surface area (Å²) in [6, 6.07) is 15.0. The van der Waals surface area contributed by atoms with Crippen molar-refractivity contribution in [1.29, 1.82) is 0 Å². The third kappa shape index (κ3) is 4.34. The van der Waals surface area contributed by atoms with Crippen molar-refractivity contribution in [3.05, 3.63) is 65.2 Å². The van der Waals surface area contributed by atoms with Crippen LogP contribution in [-0.4, -0.2) is 52.7 Å². The molecule has 5 amide bonds. The summed E-state index contributed by atoms with van der Waals surface area (Å²) in [6.45, 7) is 2.01. The zero-order valence-electron chi connectivity index (χ0n) is 23.8. The lowest BCUT2D eigenvalue weighted by molar-refractivity contribution is -0.153. The van der Waals surface area contributed by atoms with E-state index in [2.05, 4.69) is 10.6 Å². The summed E-state index contributed by atoms with van der Waals surface area (Å²) < 4.78 is 0. The molecule has 1 saturated heterocycles. The second kappa shape index (κ2) is 9.71. The number of hydrogen-bond acceptors (Lipinski definition) is 4. The van der Waals surface area contributed by atoms with Gasteiger partial charge in [-0.1, -0.05) is 36.4 Å². The Kier molecular flexibility index (Phi) is 6.21.